The molecule has 0 N–H and O–H groups in total. The van der Waals surface area contributed by atoms with Crippen molar-refractivity contribution in [2.45, 2.75) is 33.1 Å². The zero-order chi connectivity index (χ0) is 13.7. The van der Waals surface area contributed by atoms with E-state index in [-0.39, 0.29) is 0 Å². The maximum atomic E-state index is 3.47. The van der Waals surface area contributed by atoms with Crippen LogP contribution in [0.4, 0.5) is 0 Å². The van der Waals surface area contributed by atoms with Crippen molar-refractivity contribution >= 4 is 15.9 Å². The Labute approximate surface area is 125 Å². The van der Waals surface area contributed by atoms with Gasteiger partial charge in [-0.3, -0.25) is 0 Å². The lowest BCUT2D eigenvalue weighted by molar-refractivity contribution is 0.556. The maximum Gasteiger partial charge on any atom is 0.0175 e. The molecule has 100 valence electrons. The van der Waals surface area contributed by atoms with Crippen LogP contribution < -0.4 is 0 Å². The second kappa shape index (κ2) is 6.91. The van der Waals surface area contributed by atoms with E-state index < -0.39 is 0 Å². The number of aryl methyl sites for hydroxylation is 1. The summed E-state index contributed by atoms with van der Waals surface area (Å²) in [5.74, 6) is 0.807. The molecule has 0 bridgehead atoms. The lowest BCUT2D eigenvalue weighted by atomic mass is 10.00. The van der Waals surface area contributed by atoms with Gasteiger partial charge in [-0.15, -0.1) is 0 Å². The van der Waals surface area contributed by atoms with Gasteiger partial charge in [0.1, 0.15) is 0 Å². The Morgan fingerprint density at radius 2 is 1.37 bits per heavy atom. The standard InChI is InChI=1S/C18H21Br/c1-14(2)4-3-5-15-6-8-16(9-7-15)17-10-12-18(19)13-11-17/h6-14H,3-5H2,1-2H3. The van der Waals surface area contributed by atoms with Crippen LogP contribution in [-0.2, 0) is 6.42 Å². The second-order valence-electron chi connectivity index (χ2n) is 5.49. The van der Waals surface area contributed by atoms with Crippen molar-refractivity contribution in [3.63, 3.8) is 0 Å². The summed E-state index contributed by atoms with van der Waals surface area (Å²) in [4.78, 5) is 0. The van der Waals surface area contributed by atoms with E-state index in [0.717, 1.165) is 10.4 Å². The third-order valence-electron chi connectivity index (χ3n) is 3.38. The summed E-state index contributed by atoms with van der Waals surface area (Å²) in [6.45, 7) is 4.58. The highest BCUT2D eigenvalue weighted by Gasteiger charge is 1.99. The van der Waals surface area contributed by atoms with Crippen LogP contribution in [0.5, 0.6) is 0 Å². The summed E-state index contributed by atoms with van der Waals surface area (Å²) in [5.41, 5.74) is 4.01. The van der Waals surface area contributed by atoms with Gasteiger partial charge in [-0.1, -0.05) is 72.6 Å². The van der Waals surface area contributed by atoms with E-state index in [4.69, 9.17) is 0 Å². The van der Waals surface area contributed by atoms with Crippen LogP contribution in [0.2, 0.25) is 0 Å². The summed E-state index contributed by atoms with van der Waals surface area (Å²) < 4.78 is 1.13. The van der Waals surface area contributed by atoms with Crippen molar-refractivity contribution in [2.75, 3.05) is 0 Å². The average molecular weight is 317 g/mol. The molecule has 19 heavy (non-hydrogen) atoms. The predicted octanol–water partition coefficient (Wildman–Crippen LogP) is 6.09. The van der Waals surface area contributed by atoms with Crippen molar-refractivity contribution in [1.82, 2.24) is 0 Å². The van der Waals surface area contributed by atoms with Gasteiger partial charge in [-0.25, -0.2) is 0 Å². The molecule has 0 saturated carbocycles. The molecule has 2 aromatic carbocycles. The van der Waals surface area contributed by atoms with Gasteiger partial charge in [0.05, 0.1) is 0 Å². The topological polar surface area (TPSA) is 0 Å². The monoisotopic (exact) mass is 316 g/mol. The fourth-order valence-corrected chi connectivity index (χ4v) is 2.48. The van der Waals surface area contributed by atoms with E-state index in [1.54, 1.807) is 0 Å². The van der Waals surface area contributed by atoms with E-state index in [9.17, 15) is 0 Å². The minimum atomic E-state index is 0.807. The number of hydrogen-bond acceptors (Lipinski definition) is 0. The highest BCUT2D eigenvalue weighted by molar-refractivity contribution is 9.10. The Morgan fingerprint density at radius 1 is 0.842 bits per heavy atom. The Bertz CT molecular complexity index is 494. The molecule has 1 heteroatoms. The summed E-state index contributed by atoms with van der Waals surface area (Å²) in [7, 11) is 0. The van der Waals surface area contributed by atoms with Crippen LogP contribution in [0.25, 0.3) is 11.1 Å². The van der Waals surface area contributed by atoms with Crippen molar-refractivity contribution in [2.24, 2.45) is 5.92 Å². The maximum absolute atomic E-state index is 3.47. The van der Waals surface area contributed by atoms with Gasteiger partial charge in [0.15, 0.2) is 0 Å². The zero-order valence-electron chi connectivity index (χ0n) is 11.7. The first-order valence-corrected chi connectivity index (χ1v) is 7.79. The molecule has 2 aromatic rings. The SMILES string of the molecule is CC(C)CCCc1ccc(-c2ccc(Br)cc2)cc1. The normalized spacial score (nSPS) is 10.9. The lowest BCUT2D eigenvalue weighted by Gasteiger charge is -2.06. The fourth-order valence-electron chi connectivity index (χ4n) is 2.22. The molecule has 0 nitrogen and oxygen atoms in total. The van der Waals surface area contributed by atoms with Crippen LogP contribution in [0.3, 0.4) is 0 Å². The van der Waals surface area contributed by atoms with Crippen LogP contribution in [0.15, 0.2) is 53.0 Å². The van der Waals surface area contributed by atoms with Gasteiger partial charge in [0, 0.05) is 4.47 Å². The predicted molar refractivity (Wildman–Crippen MR) is 87.4 cm³/mol. The highest BCUT2D eigenvalue weighted by atomic mass is 79.9. The first-order valence-electron chi connectivity index (χ1n) is 7.00. The van der Waals surface area contributed by atoms with E-state index in [1.807, 2.05) is 0 Å². The molecule has 0 saturated heterocycles. The van der Waals surface area contributed by atoms with Crippen molar-refractivity contribution in [1.29, 1.82) is 0 Å². The van der Waals surface area contributed by atoms with Crippen LogP contribution >= 0.6 is 15.9 Å². The lowest BCUT2D eigenvalue weighted by Crippen LogP contribution is -1.91. The van der Waals surface area contributed by atoms with Gasteiger partial charge in [0.25, 0.3) is 0 Å². The van der Waals surface area contributed by atoms with Crippen molar-refractivity contribution < 1.29 is 0 Å². The van der Waals surface area contributed by atoms with Gasteiger partial charge in [0.2, 0.25) is 0 Å². The molecule has 0 atom stereocenters. The molecule has 0 aliphatic heterocycles. The highest BCUT2D eigenvalue weighted by Crippen LogP contribution is 2.22. The molecule has 2 rings (SSSR count). The van der Waals surface area contributed by atoms with Gasteiger partial charge < -0.3 is 0 Å². The number of hydrogen-bond donors (Lipinski definition) is 0. The first kappa shape index (κ1) is 14.3. The molecule has 0 aromatic heterocycles. The molecule has 0 unspecified atom stereocenters. The summed E-state index contributed by atoms with van der Waals surface area (Å²) >= 11 is 3.47. The number of halogens is 1. The van der Waals surface area contributed by atoms with E-state index in [0.29, 0.717) is 0 Å². The summed E-state index contributed by atoms with van der Waals surface area (Å²) in [6.07, 6.45) is 3.79. The number of rotatable bonds is 5. The first-order chi connectivity index (χ1) is 9.15. The molecule has 0 spiro atoms. The molecule has 0 amide bonds. The van der Waals surface area contributed by atoms with E-state index in [2.05, 4.69) is 78.3 Å². The van der Waals surface area contributed by atoms with Gasteiger partial charge >= 0.3 is 0 Å². The molecule has 0 heterocycles. The zero-order valence-corrected chi connectivity index (χ0v) is 13.3. The van der Waals surface area contributed by atoms with Crippen LogP contribution in [-0.4, -0.2) is 0 Å². The van der Waals surface area contributed by atoms with E-state index >= 15 is 0 Å². The minimum absolute atomic E-state index is 0.807. The molecule has 0 radical (unpaired) electrons. The van der Waals surface area contributed by atoms with Gasteiger partial charge in [-0.05, 0) is 47.6 Å². The molecular weight excluding hydrogens is 296 g/mol. The van der Waals surface area contributed by atoms with Crippen LogP contribution in [0, 0.1) is 5.92 Å². The van der Waals surface area contributed by atoms with Crippen molar-refractivity contribution in [3.8, 4) is 11.1 Å². The summed E-state index contributed by atoms with van der Waals surface area (Å²) in [6, 6.07) is 17.5. The molecule has 0 aliphatic carbocycles. The third-order valence-corrected chi connectivity index (χ3v) is 3.91. The smallest absolute Gasteiger partial charge is 0.0175 e. The Kier molecular flexibility index (Phi) is 5.21. The van der Waals surface area contributed by atoms with E-state index in [1.165, 1.54) is 36.0 Å². The minimum Gasteiger partial charge on any atom is -0.0628 e. The molecule has 0 fully saturated rings. The Hall–Kier alpha value is -1.08. The largest absolute Gasteiger partial charge is 0.0628 e. The second-order valence-corrected chi connectivity index (χ2v) is 6.41. The summed E-state index contributed by atoms with van der Waals surface area (Å²) in [5, 5.41) is 0. The quantitative estimate of drug-likeness (QED) is 0.625. The fraction of sp³-hybridized carbons (Fsp3) is 0.333. The number of benzene rings is 2. The average Bonchev–Trinajstić information content (AvgIpc) is 2.40. The van der Waals surface area contributed by atoms with Crippen molar-refractivity contribution in [3.05, 3.63) is 58.6 Å². The third kappa shape index (κ3) is 4.50. The molecular formula is C18H21Br. The molecule has 0 aliphatic rings. The van der Waals surface area contributed by atoms with Gasteiger partial charge in [-0.2, -0.15) is 0 Å². The Morgan fingerprint density at radius 3 is 1.89 bits per heavy atom. The van der Waals surface area contributed by atoms with Crippen LogP contribution in [0.1, 0.15) is 32.3 Å². The Balaban J connectivity index is 2.00.